The van der Waals surface area contributed by atoms with E-state index in [1.165, 1.54) is 0 Å². The first-order valence-electron chi connectivity index (χ1n) is 9.65. The summed E-state index contributed by atoms with van der Waals surface area (Å²) in [7, 11) is 0. The van der Waals surface area contributed by atoms with Crippen molar-refractivity contribution in [1.29, 1.82) is 0 Å². The first kappa shape index (κ1) is 21.0. The molecule has 1 N–H and O–H groups in total. The van der Waals surface area contributed by atoms with Gasteiger partial charge >= 0.3 is 5.97 Å². The Bertz CT molecular complexity index is 1070. The Morgan fingerprint density at radius 2 is 1.60 bits per heavy atom. The molecule has 0 spiro atoms. The summed E-state index contributed by atoms with van der Waals surface area (Å²) in [5.41, 5.74) is 4.66. The van der Waals surface area contributed by atoms with E-state index in [2.05, 4.69) is 5.32 Å². The molecule has 1 amide bonds. The first-order valence-corrected chi connectivity index (χ1v) is 9.65. The molecule has 0 bridgehead atoms. The van der Waals surface area contributed by atoms with Crippen LogP contribution >= 0.6 is 0 Å². The number of para-hydroxylation sites is 1. The van der Waals surface area contributed by atoms with Gasteiger partial charge < -0.3 is 14.6 Å². The zero-order chi connectivity index (χ0) is 21.7. The van der Waals surface area contributed by atoms with E-state index in [4.69, 9.17) is 4.74 Å². The van der Waals surface area contributed by atoms with Crippen molar-refractivity contribution in [3.8, 4) is 5.69 Å². The number of esters is 1. The van der Waals surface area contributed by atoms with E-state index in [9.17, 15) is 14.4 Å². The van der Waals surface area contributed by atoms with Crippen molar-refractivity contribution in [2.75, 3.05) is 13.2 Å². The van der Waals surface area contributed by atoms with E-state index in [1.54, 1.807) is 18.2 Å². The number of Topliss-reactive ketones (excluding diaryl/α,β-unsaturated/α-hetero) is 1. The monoisotopic (exact) mass is 404 g/mol. The molecule has 30 heavy (non-hydrogen) atoms. The molecule has 0 unspecified atom stereocenters. The van der Waals surface area contributed by atoms with Crippen LogP contribution < -0.4 is 5.32 Å². The Balaban J connectivity index is 1.56. The third kappa shape index (κ3) is 4.84. The molecule has 6 heteroatoms. The number of aryl methyl sites for hydroxylation is 2. The van der Waals surface area contributed by atoms with Crippen molar-refractivity contribution in [2.45, 2.75) is 20.8 Å². The van der Waals surface area contributed by atoms with E-state index >= 15 is 0 Å². The van der Waals surface area contributed by atoms with Gasteiger partial charge in [0.2, 0.25) is 5.78 Å². The minimum atomic E-state index is -0.666. The molecule has 0 saturated carbocycles. The molecule has 1 heterocycles. The van der Waals surface area contributed by atoms with Crippen molar-refractivity contribution in [3.05, 3.63) is 88.7 Å². The van der Waals surface area contributed by atoms with Gasteiger partial charge in [-0.2, -0.15) is 0 Å². The van der Waals surface area contributed by atoms with Crippen molar-refractivity contribution in [3.63, 3.8) is 0 Å². The standard InChI is InChI=1S/C24H24N2O4/c1-16-9-11-19(12-10-16)24(29)25-14-23(28)30-15-22(27)21-13-17(2)26(18(21)3)20-7-5-4-6-8-20/h4-13H,14-15H2,1-3H3,(H,25,29). The van der Waals surface area contributed by atoms with E-state index in [1.807, 2.05) is 67.8 Å². The van der Waals surface area contributed by atoms with Gasteiger partial charge in [0.25, 0.3) is 5.91 Å². The topological polar surface area (TPSA) is 77.4 Å². The number of carbonyl (C=O) groups excluding carboxylic acids is 3. The number of ether oxygens (including phenoxy) is 1. The van der Waals surface area contributed by atoms with Crippen LogP contribution in [0.15, 0.2) is 60.7 Å². The Labute approximate surface area is 175 Å². The van der Waals surface area contributed by atoms with Gasteiger partial charge in [-0.3, -0.25) is 14.4 Å². The Morgan fingerprint density at radius 3 is 2.27 bits per heavy atom. The molecule has 6 nitrogen and oxygen atoms in total. The summed E-state index contributed by atoms with van der Waals surface area (Å²) in [6.45, 7) is 5.02. The lowest BCUT2D eigenvalue weighted by atomic mass is 10.1. The fourth-order valence-corrected chi connectivity index (χ4v) is 3.25. The number of rotatable bonds is 7. The van der Waals surface area contributed by atoms with Gasteiger partial charge in [0, 0.05) is 28.2 Å². The van der Waals surface area contributed by atoms with Gasteiger partial charge in [0.05, 0.1) is 0 Å². The predicted octanol–water partition coefficient (Wildman–Crippen LogP) is 3.56. The number of carbonyl (C=O) groups is 3. The summed E-state index contributed by atoms with van der Waals surface area (Å²) in [6, 6.07) is 18.5. The van der Waals surface area contributed by atoms with E-state index in [0.29, 0.717) is 11.1 Å². The molecular formula is C24H24N2O4. The van der Waals surface area contributed by atoms with Gasteiger partial charge in [-0.15, -0.1) is 0 Å². The van der Waals surface area contributed by atoms with Crippen molar-refractivity contribution < 1.29 is 19.1 Å². The quantitative estimate of drug-likeness (QED) is 0.483. The lowest BCUT2D eigenvalue weighted by molar-refractivity contribution is -0.141. The molecule has 154 valence electrons. The summed E-state index contributed by atoms with van der Waals surface area (Å²) in [4.78, 5) is 36.6. The smallest absolute Gasteiger partial charge is 0.325 e. The maximum atomic E-state index is 12.6. The Kier molecular flexibility index (Phi) is 6.47. The SMILES string of the molecule is Cc1ccc(C(=O)NCC(=O)OCC(=O)c2cc(C)n(-c3ccccc3)c2C)cc1. The maximum Gasteiger partial charge on any atom is 0.325 e. The van der Waals surface area contributed by atoms with Crippen molar-refractivity contribution in [2.24, 2.45) is 0 Å². The highest BCUT2D eigenvalue weighted by molar-refractivity contribution is 6.00. The molecule has 0 aliphatic rings. The van der Waals surface area contributed by atoms with Crippen LogP contribution in [-0.4, -0.2) is 35.4 Å². The molecule has 3 aromatic rings. The number of ketones is 1. The Hall–Kier alpha value is -3.67. The zero-order valence-electron chi connectivity index (χ0n) is 17.3. The largest absolute Gasteiger partial charge is 0.456 e. The number of nitrogens with one attached hydrogen (secondary N) is 1. The predicted molar refractivity (Wildman–Crippen MR) is 114 cm³/mol. The molecule has 3 rings (SSSR count). The number of hydrogen-bond acceptors (Lipinski definition) is 4. The maximum absolute atomic E-state index is 12.6. The third-order valence-electron chi connectivity index (χ3n) is 4.82. The summed E-state index contributed by atoms with van der Waals surface area (Å²) < 4.78 is 7.04. The minimum absolute atomic E-state index is 0.288. The van der Waals surface area contributed by atoms with Crippen LogP contribution in [0.25, 0.3) is 5.69 Å². The number of hydrogen-bond donors (Lipinski definition) is 1. The Morgan fingerprint density at radius 1 is 0.933 bits per heavy atom. The highest BCUT2D eigenvalue weighted by Gasteiger charge is 2.18. The molecular weight excluding hydrogens is 380 g/mol. The molecule has 2 aromatic carbocycles. The summed E-state index contributed by atoms with van der Waals surface area (Å²) in [6.07, 6.45) is 0. The van der Waals surface area contributed by atoms with Crippen molar-refractivity contribution >= 4 is 17.7 Å². The molecule has 0 aliphatic heterocycles. The fraction of sp³-hybridized carbons (Fsp3) is 0.208. The third-order valence-corrected chi connectivity index (χ3v) is 4.82. The summed E-state index contributed by atoms with van der Waals surface area (Å²) >= 11 is 0. The minimum Gasteiger partial charge on any atom is -0.456 e. The fourth-order valence-electron chi connectivity index (χ4n) is 3.25. The molecule has 0 atom stereocenters. The average Bonchev–Trinajstić information content (AvgIpc) is 3.05. The van der Waals surface area contributed by atoms with Gasteiger partial charge in [-0.25, -0.2) is 0 Å². The molecule has 0 fully saturated rings. The zero-order valence-corrected chi connectivity index (χ0v) is 17.3. The number of amides is 1. The highest BCUT2D eigenvalue weighted by Crippen LogP contribution is 2.21. The van der Waals surface area contributed by atoms with Crippen LogP contribution in [0.3, 0.4) is 0 Å². The van der Waals surface area contributed by atoms with Gasteiger partial charge in [0.1, 0.15) is 6.54 Å². The number of benzene rings is 2. The van der Waals surface area contributed by atoms with Crippen LogP contribution in [0.4, 0.5) is 0 Å². The van der Waals surface area contributed by atoms with Crippen LogP contribution in [0.5, 0.6) is 0 Å². The van der Waals surface area contributed by atoms with Gasteiger partial charge in [-0.05, 0) is 51.1 Å². The van der Waals surface area contributed by atoms with Gasteiger partial charge in [-0.1, -0.05) is 35.9 Å². The summed E-state index contributed by atoms with van der Waals surface area (Å²) in [5.74, 6) is -1.33. The molecule has 0 radical (unpaired) electrons. The van der Waals surface area contributed by atoms with Crippen LogP contribution in [-0.2, 0) is 9.53 Å². The number of nitrogens with zero attached hydrogens (tertiary/aromatic N) is 1. The molecule has 0 aliphatic carbocycles. The van der Waals surface area contributed by atoms with Crippen LogP contribution in [0.2, 0.25) is 0 Å². The molecule has 1 aromatic heterocycles. The van der Waals surface area contributed by atoms with E-state index in [0.717, 1.165) is 22.6 Å². The summed E-state index contributed by atoms with van der Waals surface area (Å²) in [5, 5.41) is 2.50. The first-order chi connectivity index (χ1) is 14.4. The normalized spacial score (nSPS) is 10.5. The second-order valence-electron chi connectivity index (χ2n) is 7.09. The second kappa shape index (κ2) is 9.22. The van der Waals surface area contributed by atoms with E-state index in [-0.39, 0.29) is 24.8 Å². The van der Waals surface area contributed by atoms with Crippen LogP contribution in [0, 0.1) is 20.8 Å². The van der Waals surface area contributed by atoms with Crippen molar-refractivity contribution in [1.82, 2.24) is 9.88 Å². The second-order valence-corrected chi connectivity index (χ2v) is 7.09. The van der Waals surface area contributed by atoms with Gasteiger partial charge in [0.15, 0.2) is 6.61 Å². The highest BCUT2D eigenvalue weighted by atomic mass is 16.5. The van der Waals surface area contributed by atoms with E-state index < -0.39 is 5.97 Å². The lowest BCUT2D eigenvalue weighted by Crippen LogP contribution is -2.31. The van der Waals surface area contributed by atoms with Crippen LogP contribution in [0.1, 0.15) is 37.7 Å². The lowest BCUT2D eigenvalue weighted by Gasteiger charge is -2.10. The average molecular weight is 404 g/mol. The molecule has 0 saturated heterocycles. The number of aromatic nitrogens is 1.